The van der Waals surface area contributed by atoms with Crippen LogP contribution in [0.25, 0.3) is 6.08 Å². The first-order valence-electron chi connectivity index (χ1n) is 9.55. The molecule has 0 radical (unpaired) electrons. The highest BCUT2D eigenvalue weighted by Crippen LogP contribution is 2.30. The van der Waals surface area contributed by atoms with Crippen molar-refractivity contribution in [2.24, 2.45) is 5.92 Å². The molecule has 1 fully saturated rings. The quantitative estimate of drug-likeness (QED) is 0.525. The standard InChI is InChI=1S/C23H24O5/c24-19-7-4-8-21(28-15-17-5-2-1-3-6-17)22(19)20(25)14-11-16-9-12-18(13-10-16)23(26)27/h4,7-14,17,24H,1-3,5-6,15H2,(H,26,27)/b14-11+. The summed E-state index contributed by atoms with van der Waals surface area (Å²) in [6.45, 7) is 0.546. The van der Waals surface area contributed by atoms with Crippen molar-refractivity contribution in [1.29, 1.82) is 0 Å². The number of carbonyl (C=O) groups excluding carboxylic acids is 1. The number of phenols is 1. The minimum absolute atomic E-state index is 0.114. The number of phenolic OH excluding ortho intramolecular Hbond substituents is 1. The number of carboxylic acids is 1. The second-order valence-electron chi connectivity index (χ2n) is 7.09. The fourth-order valence-corrected chi connectivity index (χ4v) is 3.44. The van der Waals surface area contributed by atoms with E-state index in [0.717, 1.165) is 12.8 Å². The summed E-state index contributed by atoms with van der Waals surface area (Å²) in [5.74, 6) is -0.597. The maximum absolute atomic E-state index is 12.7. The van der Waals surface area contributed by atoms with Crippen LogP contribution in [-0.2, 0) is 0 Å². The van der Waals surface area contributed by atoms with Crippen LogP contribution in [0.4, 0.5) is 0 Å². The molecule has 1 saturated carbocycles. The molecule has 0 aromatic heterocycles. The molecule has 0 atom stereocenters. The number of ether oxygens (including phenoxy) is 1. The Morgan fingerprint density at radius 2 is 1.75 bits per heavy atom. The molecule has 0 unspecified atom stereocenters. The first-order valence-corrected chi connectivity index (χ1v) is 9.55. The van der Waals surface area contributed by atoms with Gasteiger partial charge in [0.05, 0.1) is 12.2 Å². The first kappa shape index (κ1) is 19.7. The van der Waals surface area contributed by atoms with Crippen molar-refractivity contribution >= 4 is 17.8 Å². The van der Waals surface area contributed by atoms with Crippen LogP contribution < -0.4 is 4.74 Å². The van der Waals surface area contributed by atoms with Crippen molar-refractivity contribution in [3.05, 3.63) is 65.2 Å². The number of carbonyl (C=O) groups is 2. The number of aromatic carboxylic acids is 1. The average molecular weight is 380 g/mol. The van der Waals surface area contributed by atoms with Crippen molar-refractivity contribution in [1.82, 2.24) is 0 Å². The smallest absolute Gasteiger partial charge is 0.335 e. The summed E-state index contributed by atoms with van der Waals surface area (Å²) >= 11 is 0. The Balaban J connectivity index is 1.72. The molecule has 5 nitrogen and oxygen atoms in total. The molecule has 0 aliphatic heterocycles. The summed E-state index contributed by atoms with van der Waals surface area (Å²) in [6, 6.07) is 11.0. The van der Waals surface area contributed by atoms with Gasteiger partial charge in [0.2, 0.25) is 0 Å². The van der Waals surface area contributed by atoms with Crippen LogP contribution in [0.2, 0.25) is 0 Å². The molecular weight excluding hydrogens is 356 g/mol. The van der Waals surface area contributed by atoms with Crippen LogP contribution in [0.1, 0.15) is 58.4 Å². The average Bonchev–Trinajstić information content (AvgIpc) is 2.71. The molecule has 28 heavy (non-hydrogen) atoms. The number of hydrogen-bond donors (Lipinski definition) is 2. The van der Waals surface area contributed by atoms with E-state index in [4.69, 9.17) is 9.84 Å². The van der Waals surface area contributed by atoms with Crippen molar-refractivity contribution in [3.63, 3.8) is 0 Å². The molecule has 3 rings (SSSR count). The number of benzene rings is 2. The lowest BCUT2D eigenvalue weighted by Crippen LogP contribution is -2.16. The van der Waals surface area contributed by atoms with E-state index >= 15 is 0 Å². The fourth-order valence-electron chi connectivity index (χ4n) is 3.44. The highest BCUT2D eigenvalue weighted by molar-refractivity contribution is 6.10. The topological polar surface area (TPSA) is 83.8 Å². The van der Waals surface area contributed by atoms with E-state index in [0.29, 0.717) is 23.8 Å². The first-order chi connectivity index (χ1) is 13.5. The third-order valence-electron chi connectivity index (χ3n) is 5.03. The van der Waals surface area contributed by atoms with Crippen LogP contribution in [-0.4, -0.2) is 28.6 Å². The van der Waals surface area contributed by atoms with Gasteiger partial charge in [-0.05, 0) is 54.7 Å². The molecule has 1 aliphatic carbocycles. The molecule has 1 aliphatic rings. The zero-order chi connectivity index (χ0) is 19.9. The van der Waals surface area contributed by atoms with Crippen LogP contribution in [0.3, 0.4) is 0 Å². The molecule has 146 valence electrons. The fraction of sp³-hybridized carbons (Fsp3) is 0.304. The minimum Gasteiger partial charge on any atom is -0.507 e. The largest absolute Gasteiger partial charge is 0.507 e. The number of ketones is 1. The van der Waals surface area contributed by atoms with Gasteiger partial charge in [0.1, 0.15) is 17.1 Å². The highest BCUT2D eigenvalue weighted by atomic mass is 16.5. The Hall–Kier alpha value is -3.08. The minimum atomic E-state index is -0.999. The SMILES string of the molecule is O=C(O)c1ccc(/C=C/C(=O)c2c(O)cccc2OCC2CCCCC2)cc1. The summed E-state index contributed by atoms with van der Waals surface area (Å²) in [5.41, 5.74) is 1.03. The maximum atomic E-state index is 12.7. The van der Waals surface area contributed by atoms with E-state index < -0.39 is 5.97 Å². The van der Waals surface area contributed by atoms with Gasteiger partial charge in [0.15, 0.2) is 5.78 Å². The highest BCUT2D eigenvalue weighted by Gasteiger charge is 2.18. The van der Waals surface area contributed by atoms with E-state index in [9.17, 15) is 14.7 Å². The van der Waals surface area contributed by atoms with Crippen molar-refractivity contribution in [2.45, 2.75) is 32.1 Å². The van der Waals surface area contributed by atoms with Crippen LogP contribution >= 0.6 is 0 Å². The normalized spacial score (nSPS) is 14.9. The molecular formula is C23H24O5. The zero-order valence-corrected chi connectivity index (χ0v) is 15.6. The van der Waals surface area contributed by atoms with Gasteiger partial charge in [-0.3, -0.25) is 4.79 Å². The lowest BCUT2D eigenvalue weighted by molar-refractivity contribution is 0.0696. The van der Waals surface area contributed by atoms with Crippen molar-refractivity contribution in [2.75, 3.05) is 6.61 Å². The predicted octanol–water partition coefficient (Wildman–Crippen LogP) is 4.95. The molecule has 0 heterocycles. The summed E-state index contributed by atoms with van der Waals surface area (Å²) in [6.07, 6.45) is 8.91. The summed E-state index contributed by atoms with van der Waals surface area (Å²) < 4.78 is 5.89. The lowest BCUT2D eigenvalue weighted by Gasteiger charge is -2.22. The van der Waals surface area contributed by atoms with Crippen LogP contribution in [0, 0.1) is 5.92 Å². The van der Waals surface area contributed by atoms with E-state index in [2.05, 4.69) is 0 Å². The summed E-state index contributed by atoms with van der Waals surface area (Å²) in [5, 5.41) is 19.1. The summed E-state index contributed by atoms with van der Waals surface area (Å²) in [7, 11) is 0. The van der Waals surface area contributed by atoms with Crippen molar-refractivity contribution in [3.8, 4) is 11.5 Å². The summed E-state index contributed by atoms with van der Waals surface area (Å²) in [4.78, 5) is 23.6. The molecule has 0 amide bonds. The molecule has 0 saturated heterocycles. The van der Waals surface area contributed by atoms with Crippen LogP contribution in [0.5, 0.6) is 11.5 Å². The van der Waals surface area contributed by atoms with E-state index in [1.807, 2.05) is 0 Å². The third kappa shape index (κ3) is 5.00. The molecule has 5 heteroatoms. The van der Waals surface area contributed by atoms with Gasteiger partial charge < -0.3 is 14.9 Å². The number of allylic oxidation sites excluding steroid dienone is 1. The predicted molar refractivity (Wildman–Crippen MR) is 107 cm³/mol. The molecule has 0 spiro atoms. The molecule has 0 bridgehead atoms. The van der Waals surface area contributed by atoms with Gasteiger partial charge in [-0.2, -0.15) is 0 Å². The number of hydrogen-bond acceptors (Lipinski definition) is 4. The van der Waals surface area contributed by atoms with Gasteiger partial charge >= 0.3 is 5.97 Å². The van der Waals surface area contributed by atoms with Gasteiger partial charge in [-0.15, -0.1) is 0 Å². The Morgan fingerprint density at radius 1 is 1.04 bits per heavy atom. The van der Waals surface area contributed by atoms with Crippen LogP contribution in [0.15, 0.2) is 48.5 Å². The molecule has 2 aromatic rings. The zero-order valence-electron chi connectivity index (χ0n) is 15.6. The third-order valence-corrected chi connectivity index (χ3v) is 5.03. The van der Waals surface area contributed by atoms with Gasteiger partial charge in [-0.25, -0.2) is 4.79 Å². The van der Waals surface area contributed by atoms with E-state index in [1.165, 1.54) is 43.5 Å². The molecule has 2 N–H and O–H groups in total. The second-order valence-corrected chi connectivity index (χ2v) is 7.09. The monoisotopic (exact) mass is 380 g/mol. The number of carboxylic acid groups (broad SMARTS) is 1. The second kappa shape index (κ2) is 9.22. The van der Waals surface area contributed by atoms with Crippen molar-refractivity contribution < 1.29 is 24.5 Å². The molecule has 2 aromatic carbocycles. The van der Waals surface area contributed by atoms with Gasteiger partial charge in [-0.1, -0.05) is 43.5 Å². The Bertz CT molecular complexity index is 861. The van der Waals surface area contributed by atoms with Gasteiger partial charge in [0, 0.05) is 0 Å². The number of rotatable bonds is 7. The number of aromatic hydroxyl groups is 1. The Labute approximate surface area is 164 Å². The maximum Gasteiger partial charge on any atom is 0.335 e. The van der Waals surface area contributed by atoms with E-state index in [-0.39, 0.29) is 22.7 Å². The Kier molecular flexibility index (Phi) is 6.48. The lowest BCUT2D eigenvalue weighted by atomic mass is 9.90. The van der Waals surface area contributed by atoms with E-state index in [1.54, 1.807) is 30.3 Å². The van der Waals surface area contributed by atoms with Gasteiger partial charge in [0.25, 0.3) is 0 Å². The Morgan fingerprint density at radius 3 is 2.43 bits per heavy atom.